The van der Waals surface area contributed by atoms with Gasteiger partial charge in [0.1, 0.15) is 5.01 Å². The first kappa shape index (κ1) is 20.7. The molecule has 1 saturated heterocycles. The van der Waals surface area contributed by atoms with Crippen molar-refractivity contribution >= 4 is 28.3 Å². The zero-order valence-corrected chi connectivity index (χ0v) is 18.1. The summed E-state index contributed by atoms with van der Waals surface area (Å²) in [6.45, 7) is 3.52. The van der Waals surface area contributed by atoms with Crippen LogP contribution in [0.4, 0.5) is 5.13 Å². The van der Waals surface area contributed by atoms with Gasteiger partial charge in [-0.2, -0.15) is 0 Å². The van der Waals surface area contributed by atoms with Crippen molar-refractivity contribution in [3.63, 3.8) is 0 Å². The van der Waals surface area contributed by atoms with Crippen LogP contribution in [0.5, 0.6) is 0 Å². The zero-order chi connectivity index (χ0) is 20.1. The third kappa shape index (κ3) is 5.54. The number of anilines is 1. The maximum Gasteiger partial charge on any atom is 0.226 e. The minimum atomic E-state index is -0.144. The first-order valence-electron chi connectivity index (χ1n) is 11.3. The Morgan fingerprint density at radius 2 is 1.59 bits per heavy atom. The van der Waals surface area contributed by atoms with Crippen molar-refractivity contribution in [3.05, 3.63) is 5.01 Å². The number of carbonyl (C=O) groups is 2. The smallest absolute Gasteiger partial charge is 0.226 e. The Hall–Kier alpha value is -1.54. The maximum atomic E-state index is 12.5. The molecule has 1 aromatic heterocycles. The van der Waals surface area contributed by atoms with Gasteiger partial charge in [0.2, 0.25) is 16.9 Å². The highest BCUT2D eigenvalue weighted by Crippen LogP contribution is 2.35. The van der Waals surface area contributed by atoms with Gasteiger partial charge in [-0.15, -0.1) is 10.2 Å². The molecule has 1 N–H and O–H groups in total. The quantitative estimate of drug-likeness (QED) is 0.765. The van der Waals surface area contributed by atoms with Crippen molar-refractivity contribution in [1.82, 2.24) is 20.0 Å². The molecule has 1 aromatic rings. The Morgan fingerprint density at radius 1 is 0.897 bits per heavy atom. The fourth-order valence-corrected chi connectivity index (χ4v) is 5.89. The Bertz CT molecular complexity index is 689. The molecule has 8 heteroatoms. The van der Waals surface area contributed by atoms with Crippen LogP contribution in [0.15, 0.2) is 0 Å². The summed E-state index contributed by atoms with van der Waals surface area (Å²) in [5, 5.41) is 12.8. The molecule has 2 saturated carbocycles. The van der Waals surface area contributed by atoms with Crippen LogP contribution in [0, 0.1) is 0 Å². The second-order valence-corrected chi connectivity index (χ2v) is 9.69. The number of hydrogen-bond acceptors (Lipinski definition) is 6. The van der Waals surface area contributed by atoms with Gasteiger partial charge in [-0.05, 0) is 25.7 Å². The summed E-state index contributed by atoms with van der Waals surface area (Å²) in [6, 6.07) is 0.725. The molecule has 0 bridgehead atoms. The summed E-state index contributed by atoms with van der Waals surface area (Å²) >= 11 is 1.49. The number of nitrogens with one attached hydrogen (secondary N) is 1. The number of piperazine rings is 1. The van der Waals surface area contributed by atoms with Gasteiger partial charge in [0.05, 0.1) is 0 Å². The van der Waals surface area contributed by atoms with Crippen molar-refractivity contribution in [2.24, 2.45) is 0 Å². The molecule has 0 spiro atoms. The lowest BCUT2D eigenvalue weighted by Gasteiger charge is -2.38. The largest absolute Gasteiger partial charge is 0.340 e. The lowest BCUT2D eigenvalue weighted by molar-refractivity contribution is -0.134. The molecule has 2 amide bonds. The minimum Gasteiger partial charge on any atom is -0.340 e. The van der Waals surface area contributed by atoms with E-state index in [4.69, 9.17) is 0 Å². The van der Waals surface area contributed by atoms with E-state index in [0.717, 1.165) is 37.2 Å². The molecule has 0 aromatic carbocycles. The number of aromatic nitrogens is 2. The number of rotatable bonds is 6. The van der Waals surface area contributed by atoms with E-state index in [9.17, 15) is 9.59 Å². The highest BCUT2D eigenvalue weighted by molar-refractivity contribution is 7.15. The molecule has 1 aliphatic heterocycles. The molecule has 0 atom stereocenters. The normalized spacial score (nSPS) is 22.1. The van der Waals surface area contributed by atoms with Crippen molar-refractivity contribution in [2.45, 2.75) is 82.6 Å². The topological polar surface area (TPSA) is 78.4 Å². The van der Waals surface area contributed by atoms with Crippen LogP contribution in [0.1, 0.15) is 81.6 Å². The van der Waals surface area contributed by atoms with E-state index in [0.29, 0.717) is 11.0 Å². The van der Waals surface area contributed by atoms with Crippen LogP contribution < -0.4 is 5.32 Å². The van der Waals surface area contributed by atoms with Crippen molar-refractivity contribution < 1.29 is 9.59 Å². The van der Waals surface area contributed by atoms with Gasteiger partial charge < -0.3 is 10.2 Å². The van der Waals surface area contributed by atoms with Crippen LogP contribution in [-0.2, 0) is 9.59 Å². The highest BCUT2D eigenvalue weighted by atomic mass is 32.1. The van der Waals surface area contributed by atoms with E-state index in [1.807, 2.05) is 4.90 Å². The van der Waals surface area contributed by atoms with Crippen molar-refractivity contribution in [1.29, 1.82) is 0 Å². The highest BCUT2D eigenvalue weighted by Gasteiger charge is 2.28. The molecule has 29 heavy (non-hydrogen) atoms. The Morgan fingerprint density at radius 3 is 2.31 bits per heavy atom. The Kier molecular flexibility index (Phi) is 7.13. The molecule has 7 nitrogen and oxygen atoms in total. The molecular weight excluding hydrogens is 386 g/mol. The molecule has 2 aliphatic carbocycles. The van der Waals surface area contributed by atoms with E-state index in [2.05, 4.69) is 20.4 Å². The van der Waals surface area contributed by atoms with Gasteiger partial charge in [-0.25, -0.2) is 0 Å². The van der Waals surface area contributed by atoms with E-state index in [1.54, 1.807) is 0 Å². The van der Waals surface area contributed by atoms with Crippen LogP contribution in [0.3, 0.4) is 0 Å². The molecule has 4 rings (SSSR count). The number of carbonyl (C=O) groups excluding carboxylic acids is 2. The van der Waals surface area contributed by atoms with Crippen molar-refractivity contribution in [3.8, 4) is 0 Å². The summed E-state index contributed by atoms with van der Waals surface area (Å²) < 4.78 is 0. The maximum absolute atomic E-state index is 12.5. The summed E-state index contributed by atoms with van der Waals surface area (Å²) in [7, 11) is 0. The van der Waals surface area contributed by atoms with Crippen LogP contribution >= 0.6 is 11.3 Å². The van der Waals surface area contributed by atoms with Crippen LogP contribution in [0.25, 0.3) is 0 Å². The molecular formula is C21H33N5O2S. The lowest BCUT2D eigenvalue weighted by atomic mass is 9.90. The van der Waals surface area contributed by atoms with E-state index < -0.39 is 0 Å². The number of amides is 2. The standard InChI is InChI=1S/C21H33N5O2S/c27-18(22-21-24-23-20(29-21)16-6-2-1-3-7-16)10-11-19(28)26-14-12-25(13-15-26)17-8-4-5-9-17/h16-17H,1-15H2,(H,22,24,27). The van der Waals surface area contributed by atoms with Gasteiger partial charge in [0.15, 0.2) is 0 Å². The second kappa shape index (κ2) is 9.98. The van der Waals surface area contributed by atoms with E-state index in [-0.39, 0.29) is 24.7 Å². The molecule has 0 unspecified atom stereocenters. The summed E-state index contributed by atoms with van der Waals surface area (Å²) in [5.41, 5.74) is 0. The number of hydrogen-bond donors (Lipinski definition) is 1. The molecule has 0 radical (unpaired) electrons. The Labute approximate surface area is 177 Å². The first-order chi connectivity index (χ1) is 14.2. The minimum absolute atomic E-state index is 0.0892. The fourth-order valence-electron chi connectivity index (χ4n) is 4.97. The lowest BCUT2D eigenvalue weighted by Crippen LogP contribution is -2.51. The van der Waals surface area contributed by atoms with Crippen molar-refractivity contribution in [2.75, 3.05) is 31.5 Å². The third-order valence-corrected chi connectivity index (χ3v) is 7.72. The van der Waals surface area contributed by atoms with E-state index in [1.165, 1.54) is 69.1 Å². The third-order valence-electron chi connectivity index (χ3n) is 6.72. The first-order valence-corrected chi connectivity index (χ1v) is 12.2. The monoisotopic (exact) mass is 419 g/mol. The predicted molar refractivity (Wildman–Crippen MR) is 114 cm³/mol. The average Bonchev–Trinajstić information content (AvgIpc) is 3.45. The van der Waals surface area contributed by atoms with Gasteiger partial charge in [-0.3, -0.25) is 14.5 Å². The SMILES string of the molecule is O=C(CCC(=O)N1CCN(C2CCCC2)CC1)Nc1nnc(C2CCCCC2)s1. The van der Waals surface area contributed by atoms with Gasteiger partial charge >= 0.3 is 0 Å². The fraction of sp³-hybridized carbons (Fsp3) is 0.810. The van der Waals surface area contributed by atoms with Crippen LogP contribution in [0.2, 0.25) is 0 Å². The summed E-state index contributed by atoms with van der Waals surface area (Å²) in [5.74, 6) is 0.442. The summed E-state index contributed by atoms with van der Waals surface area (Å²) in [6.07, 6.45) is 11.9. The van der Waals surface area contributed by atoms with Crippen LogP contribution in [-0.4, -0.2) is 64.0 Å². The average molecular weight is 420 g/mol. The van der Waals surface area contributed by atoms with E-state index >= 15 is 0 Å². The number of nitrogens with zero attached hydrogens (tertiary/aromatic N) is 4. The van der Waals surface area contributed by atoms with Gasteiger partial charge in [0, 0.05) is 51.0 Å². The predicted octanol–water partition coefficient (Wildman–Crippen LogP) is 3.39. The van der Waals surface area contributed by atoms with Gasteiger partial charge in [-0.1, -0.05) is 43.4 Å². The zero-order valence-electron chi connectivity index (χ0n) is 17.3. The molecule has 2 heterocycles. The Balaban J connectivity index is 1.17. The summed E-state index contributed by atoms with van der Waals surface area (Å²) in [4.78, 5) is 29.2. The second-order valence-electron chi connectivity index (χ2n) is 8.68. The molecule has 3 fully saturated rings. The molecule has 160 valence electrons. The molecule has 3 aliphatic rings. The van der Waals surface area contributed by atoms with Gasteiger partial charge in [0.25, 0.3) is 0 Å².